The maximum atomic E-state index is 12.1. The highest BCUT2D eigenvalue weighted by atomic mass is 16.4. The average Bonchev–Trinajstić information content (AvgIpc) is 2.73. The lowest BCUT2D eigenvalue weighted by molar-refractivity contribution is -0.139. The molecule has 0 spiro atoms. The van der Waals surface area contributed by atoms with E-state index in [2.05, 4.69) is 17.3 Å². The van der Waals surface area contributed by atoms with Crippen LogP contribution in [0.5, 0.6) is 0 Å². The van der Waals surface area contributed by atoms with E-state index < -0.39 is 12.0 Å². The first-order chi connectivity index (χ1) is 9.31. The van der Waals surface area contributed by atoms with Gasteiger partial charge in [0, 0.05) is 19.6 Å². The van der Waals surface area contributed by atoms with Crippen LogP contribution in [0.2, 0.25) is 0 Å². The predicted molar refractivity (Wildman–Crippen MR) is 77.7 cm³/mol. The predicted octanol–water partition coefficient (Wildman–Crippen LogP) is 1.22. The van der Waals surface area contributed by atoms with Gasteiger partial charge >= 0.3 is 12.0 Å². The smallest absolute Gasteiger partial charge is 0.326 e. The van der Waals surface area contributed by atoms with E-state index in [0.29, 0.717) is 19.0 Å². The second kappa shape index (κ2) is 7.47. The summed E-state index contributed by atoms with van der Waals surface area (Å²) in [4.78, 5) is 27.0. The van der Waals surface area contributed by atoms with Gasteiger partial charge < -0.3 is 20.2 Å². The van der Waals surface area contributed by atoms with E-state index in [1.54, 1.807) is 11.9 Å². The Labute approximate surface area is 121 Å². The number of rotatable bonds is 6. The van der Waals surface area contributed by atoms with Crippen molar-refractivity contribution in [2.24, 2.45) is 5.92 Å². The van der Waals surface area contributed by atoms with Crippen molar-refractivity contribution in [1.29, 1.82) is 0 Å². The lowest BCUT2D eigenvalue weighted by Gasteiger charge is -2.27. The normalized spacial score (nSPS) is 20.9. The van der Waals surface area contributed by atoms with Crippen LogP contribution in [-0.2, 0) is 4.79 Å². The molecule has 0 aromatic rings. The monoisotopic (exact) mass is 285 g/mol. The van der Waals surface area contributed by atoms with Crippen molar-refractivity contribution in [2.45, 2.75) is 45.2 Å². The molecule has 1 rings (SSSR count). The van der Waals surface area contributed by atoms with Crippen LogP contribution in [0.4, 0.5) is 4.79 Å². The number of aliphatic carboxylic acids is 1. The molecule has 1 fully saturated rings. The van der Waals surface area contributed by atoms with E-state index in [-0.39, 0.29) is 11.9 Å². The molecule has 1 unspecified atom stereocenters. The Kier molecular flexibility index (Phi) is 6.26. The Balaban J connectivity index is 2.48. The van der Waals surface area contributed by atoms with Gasteiger partial charge in [0.25, 0.3) is 0 Å². The third-order valence-electron chi connectivity index (χ3n) is 3.81. The molecule has 2 atom stereocenters. The summed E-state index contributed by atoms with van der Waals surface area (Å²) >= 11 is 0. The third-order valence-corrected chi connectivity index (χ3v) is 3.81. The summed E-state index contributed by atoms with van der Waals surface area (Å²) in [5.41, 5.74) is 0. The van der Waals surface area contributed by atoms with Gasteiger partial charge in [0.2, 0.25) is 0 Å². The maximum Gasteiger partial charge on any atom is 0.326 e. The molecule has 0 aliphatic carbocycles. The number of nitrogens with zero attached hydrogens (tertiary/aromatic N) is 2. The number of urea groups is 1. The quantitative estimate of drug-likeness (QED) is 0.769. The molecule has 20 heavy (non-hydrogen) atoms. The fourth-order valence-corrected chi connectivity index (χ4v) is 2.56. The van der Waals surface area contributed by atoms with Crippen LogP contribution in [0.1, 0.15) is 33.1 Å². The molecule has 0 aromatic heterocycles. The van der Waals surface area contributed by atoms with Gasteiger partial charge in [-0.25, -0.2) is 9.59 Å². The van der Waals surface area contributed by atoms with Crippen LogP contribution >= 0.6 is 0 Å². The number of carbonyl (C=O) groups is 2. The Bertz CT molecular complexity index is 347. The molecule has 1 saturated heterocycles. The average molecular weight is 285 g/mol. The maximum absolute atomic E-state index is 12.1. The highest BCUT2D eigenvalue weighted by Gasteiger charge is 2.26. The van der Waals surface area contributed by atoms with Crippen LogP contribution in [0.3, 0.4) is 0 Å². The lowest BCUT2D eigenvalue weighted by Crippen LogP contribution is -2.49. The van der Waals surface area contributed by atoms with Crippen LogP contribution < -0.4 is 5.32 Å². The fourth-order valence-electron chi connectivity index (χ4n) is 2.56. The zero-order chi connectivity index (χ0) is 15.3. The zero-order valence-corrected chi connectivity index (χ0v) is 12.9. The molecule has 2 amide bonds. The van der Waals surface area contributed by atoms with Crippen molar-refractivity contribution in [2.75, 3.05) is 27.2 Å². The van der Waals surface area contributed by atoms with Gasteiger partial charge in [0.1, 0.15) is 6.04 Å². The fraction of sp³-hybridized carbons (Fsp3) is 0.857. The molecule has 1 aliphatic heterocycles. The molecule has 0 aromatic carbocycles. The summed E-state index contributed by atoms with van der Waals surface area (Å²) in [6.45, 7) is 5.58. The van der Waals surface area contributed by atoms with Gasteiger partial charge in [0.15, 0.2) is 0 Å². The topological polar surface area (TPSA) is 72.9 Å². The first-order valence-electron chi connectivity index (χ1n) is 7.26. The second-order valence-corrected chi connectivity index (χ2v) is 6.13. The van der Waals surface area contributed by atoms with Crippen molar-refractivity contribution in [3.63, 3.8) is 0 Å². The van der Waals surface area contributed by atoms with E-state index in [4.69, 9.17) is 5.11 Å². The number of amides is 2. The lowest BCUT2D eigenvalue weighted by atomic mass is 10.0. The molecule has 1 aliphatic rings. The molecule has 1 heterocycles. The molecule has 0 radical (unpaired) electrons. The summed E-state index contributed by atoms with van der Waals surface area (Å²) in [7, 11) is 3.78. The number of carboxylic acid groups (broad SMARTS) is 1. The SMILES string of the molecule is CC(C)C[C@H](NC(=O)N(C)CC1CCCN1C)C(=O)O. The largest absolute Gasteiger partial charge is 0.480 e. The highest BCUT2D eigenvalue weighted by Crippen LogP contribution is 2.15. The van der Waals surface area contributed by atoms with E-state index in [9.17, 15) is 9.59 Å². The molecular formula is C14H27N3O3. The Hall–Kier alpha value is -1.30. The standard InChI is InChI=1S/C14H27N3O3/c1-10(2)8-12(13(18)19)15-14(20)17(4)9-11-6-5-7-16(11)3/h10-12H,5-9H2,1-4H3,(H,15,20)(H,18,19)/t11?,12-/m0/s1. The van der Waals surface area contributed by atoms with E-state index in [1.807, 2.05) is 13.8 Å². The second-order valence-electron chi connectivity index (χ2n) is 6.13. The van der Waals surface area contributed by atoms with Gasteiger partial charge in [-0.05, 0) is 38.8 Å². The summed E-state index contributed by atoms with van der Waals surface area (Å²) in [5.74, 6) is -0.749. The minimum Gasteiger partial charge on any atom is -0.480 e. The molecular weight excluding hydrogens is 258 g/mol. The van der Waals surface area contributed by atoms with E-state index >= 15 is 0 Å². The summed E-state index contributed by atoms with van der Waals surface area (Å²) in [5, 5.41) is 11.7. The molecule has 6 nitrogen and oxygen atoms in total. The Morgan fingerprint density at radius 3 is 2.55 bits per heavy atom. The molecule has 6 heteroatoms. The first-order valence-corrected chi connectivity index (χ1v) is 7.26. The first kappa shape index (κ1) is 16.8. The summed E-state index contributed by atoms with van der Waals surface area (Å²) in [6, 6.07) is -0.747. The minimum atomic E-state index is -0.974. The van der Waals surface area contributed by atoms with Crippen LogP contribution in [0, 0.1) is 5.92 Å². The summed E-state index contributed by atoms with van der Waals surface area (Å²) < 4.78 is 0. The van der Waals surface area contributed by atoms with Gasteiger partial charge in [-0.1, -0.05) is 13.8 Å². The number of carbonyl (C=O) groups excluding carboxylic acids is 1. The van der Waals surface area contributed by atoms with Gasteiger partial charge in [0.05, 0.1) is 0 Å². The van der Waals surface area contributed by atoms with Crippen LogP contribution in [0.25, 0.3) is 0 Å². The molecule has 0 bridgehead atoms. The van der Waals surface area contributed by atoms with Crippen LogP contribution in [0.15, 0.2) is 0 Å². The van der Waals surface area contributed by atoms with Crippen molar-refractivity contribution in [3.8, 4) is 0 Å². The number of hydrogen-bond acceptors (Lipinski definition) is 3. The van der Waals surface area contributed by atoms with Crippen LogP contribution in [-0.4, -0.2) is 66.2 Å². The Morgan fingerprint density at radius 1 is 1.45 bits per heavy atom. The van der Waals surface area contributed by atoms with Gasteiger partial charge in [-0.15, -0.1) is 0 Å². The number of likely N-dealkylation sites (tertiary alicyclic amines) is 1. The Morgan fingerprint density at radius 2 is 2.10 bits per heavy atom. The van der Waals surface area contributed by atoms with Crippen molar-refractivity contribution >= 4 is 12.0 Å². The molecule has 2 N–H and O–H groups in total. The highest BCUT2D eigenvalue weighted by molar-refractivity contribution is 5.82. The summed E-state index contributed by atoms with van der Waals surface area (Å²) in [6.07, 6.45) is 2.68. The van der Waals surface area contributed by atoms with Crippen molar-refractivity contribution in [1.82, 2.24) is 15.1 Å². The van der Waals surface area contributed by atoms with E-state index in [0.717, 1.165) is 19.4 Å². The number of nitrogens with one attached hydrogen (secondary N) is 1. The minimum absolute atomic E-state index is 0.225. The van der Waals surface area contributed by atoms with Crippen molar-refractivity contribution in [3.05, 3.63) is 0 Å². The number of hydrogen-bond donors (Lipinski definition) is 2. The van der Waals surface area contributed by atoms with Gasteiger partial charge in [-0.3, -0.25) is 0 Å². The van der Waals surface area contributed by atoms with Gasteiger partial charge in [-0.2, -0.15) is 0 Å². The number of carboxylic acids is 1. The molecule has 116 valence electrons. The van der Waals surface area contributed by atoms with Crippen molar-refractivity contribution < 1.29 is 14.7 Å². The zero-order valence-electron chi connectivity index (χ0n) is 12.9. The molecule has 0 saturated carbocycles. The van der Waals surface area contributed by atoms with E-state index in [1.165, 1.54) is 0 Å². The third kappa shape index (κ3) is 5.00. The number of likely N-dealkylation sites (N-methyl/N-ethyl adjacent to an activating group) is 2.